The van der Waals surface area contributed by atoms with Gasteiger partial charge in [0.2, 0.25) is 5.91 Å². The molecule has 2 fully saturated rings. The second-order valence-electron chi connectivity index (χ2n) is 8.26. The van der Waals surface area contributed by atoms with Gasteiger partial charge in [-0.05, 0) is 25.0 Å². The molecule has 1 saturated heterocycles. The molecule has 3 aliphatic rings. The zero-order chi connectivity index (χ0) is 20.1. The summed E-state index contributed by atoms with van der Waals surface area (Å²) >= 11 is 0. The number of amides is 1. The van der Waals surface area contributed by atoms with Gasteiger partial charge >= 0.3 is 0 Å². The first-order valence-corrected chi connectivity index (χ1v) is 10.9. The average Bonchev–Trinajstić information content (AvgIpc) is 2.79. The van der Waals surface area contributed by atoms with Gasteiger partial charge in [0, 0.05) is 31.2 Å². The quantitative estimate of drug-likeness (QED) is 0.784. The first kappa shape index (κ1) is 20.3. The van der Waals surface area contributed by atoms with Gasteiger partial charge in [-0.15, -0.1) is 0 Å². The second kappa shape index (κ2) is 9.22. The number of hydrogen-bond donors (Lipinski definition) is 1. The van der Waals surface area contributed by atoms with Crippen molar-refractivity contribution in [3.63, 3.8) is 0 Å². The van der Waals surface area contributed by atoms with Crippen LogP contribution in [0.1, 0.15) is 32.1 Å². The molecule has 0 atom stereocenters. The van der Waals surface area contributed by atoms with Crippen molar-refractivity contribution in [1.82, 2.24) is 10.2 Å². The lowest BCUT2D eigenvalue weighted by molar-refractivity contribution is -0.121. The van der Waals surface area contributed by atoms with Crippen LogP contribution in [0.2, 0.25) is 0 Å². The van der Waals surface area contributed by atoms with Crippen LogP contribution >= 0.6 is 0 Å². The highest BCUT2D eigenvalue weighted by Crippen LogP contribution is 2.35. The number of methoxy groups -OCH3 is 1. The average molecular weight is 404 g/mol. The van der Waals surface area contributed by atoms with Gasteiger partial charge in [-0.2, -0.15) is 0 Å². The number of ether oxygens (including phenoxy) is 3. The normalized spacial score (nSPS) is 21.8. The lowest BCUT2D eigenvalue weighted by Gasteiger charge is -2.48. The van der Waals surface area contributed by atoms with E-state index in [0.717, 1.165) is 62.9 Å². The van der Waals surface area contributed by atoms with Gasteiger partial charge in [0.25, 0.3) is 0 Å². The van der Waals surface area contributed by atoms with Gasteiger partial charge < -0.3 is 24.4 Å². The molecule has 7 heteroatoms. The van der Waals surface area contributed by atoms with Crippen LogP contribution in [-0.4, -0.2) is 76.0 Å². The summed E-state index contributed by atoms with van der Waals surface area (Å²) in [5.41, 5.74) is 1.01. The van der Waals surface area contributed by atoms with Crippen molar-refractivity contribution in [2.75, 3.05) is 64.6 Å². The zero-order valence-electron chi connectivity index (χ0n) is 17.5. The van der Waals surface area contributed by atoms with Gasteiger partial charge in [0.15, 0.2) is 0 Å². The fraction of sp³-hybridized carbons (Fsp3) is 0.682. The summed E-state index contributed by atoms with van der Waals surface area (Å²) in [5.74, 6) is 1.65. The molecule has 1 aromatic rings. The molecule has 7 nitrogen and oxygen atoms in total. The van der Waals surface area contributed by atoms with Gasteiger partial charge in [0.1, 0.15) is 18.1 Å². The highest BCUT2D eigenvalue weighted by atomic mass is 16.5. The van der Waals surface area contributed by atoms with Crippen molar-refractivity contribution in [3.8, 4) is 11.5 Å². The lowest BCUT2D eigenvalue weighted by atomic mass is 9.79. The summed E-state index contributed by atoms with van der Waals surface area (Å²) in [4.78, 5) is 17.5. The van der Waals surface area contributed by atoms with Crippen LogP contribution in [0.15, 0.2) is 18.2 Å². The van der Waals surface area contributed by atoms with Crippen LogP contribution in [0.3, 0.4) is 0 Å². The first-order chi connectivity index (χ1) is 14.2. The molecule has 1 saturated carbocycles. The van der Waals surface area contributed by atoms with E-state index < -0.39 is 0 Å². The van der Waals surface area contributed by atoms with E-state index in [1.807, 2.05) is 18.2 Å². The van der Waals surface area contributed by atoms with Crippen LogP contribution in [0.5, 0.6) is 11.5 Å². The third-order valence-corrected chi connectivity index (χ3v) is 6.54. The molecule has 1 aromatic carbocycles. The minimum Gasteiger partial charge on any atom is -0.497 e. The smallest absolute Gasteiger partial charge is 0.239 e. The predicted molar refractivity (Wildman–Crippen MR) is 112 cm³/mol. The lowest BCUT2D eigenvalue weighted by Crippen LogP contribution is -2.60. The standard InChI is InChI=1S/C22H33N3O4/c1-27-18-5-6-20-19(15-18)24(9-14-29-20)16-21(26)23-17-22(7-3-2-4-8-22)25-10-12-28-13-11-25/h5-6,15H,2-4,7-14,16-17H2,1H3,(H,23,26). The molecule has 0 aromatic heterocycles. The molecule has 2 aliphatic heterocycles. The number of benzene rings is 1. The maximum atomic E-state index is 12.9. The number of carbonyl (C=O) groups is 1. The topological polar surface area (TPSA) is 63.3 Å². The van der Waals surface area contributed by atoms with Crippen molar-refractivity contribution in [2.24, 2.45) is 0 Å². The Labute approximate surface area is 173 Å². The zero-order valence-corrected chi connectivity index (χ0v) is 17.5. The number of nitrogens with one attached hydrogen (secondary N) is 1. The summed E-state index contributed by atoms with van der Waals surface area (Å²) in [6.07, 6.45) is 6.09. The van der Waals surface area contributed by atoms with Crippen LogP contribution in [0, 0.1) is 0 Å². The Kier molecular flexibility index (Phi) is 6.45. The largest absolute Gasteiger partial charge is 0.497 e. The number of hydrogen-bond acceptors (Lipinski definition) is 6. The molecule has 4 rings (SSSR count). The maximum absolute atomic E-state index is 12.9. The summed E-state index contributed by atoms with van der Waals surface area (Å²) in [7, 11) is 1.65. The Morgan fingerprint density at radius 2 is 1.93 bits per heavy atom. The highest BCUT2D eigenvalue weighted by molar-refractivity contribution is 5.82. The molecule has 0 unspecified atom stereocenters. The van der Waals surface area contributed by atoms with Crippen molar-refractivity contribution in [3.05, 3.63) is 18.2 Å². The van der Waals surface area contributed by atoms with Gasteiger partial charge in [-0.1, -0.05) is 19.3 Å². The molecule has 0 radical (unpaired) electrons. The van der Waals surface area contributed by atoms with E-state index in [9.17, 15) is 4.79 Å². The SMILES string of the molecule is COc1ccc2c(c1)N(CC(=O)NCC1(N3CCOCC3)CCCCC1)CCO2. The van der Waals surface area contributed by atoms with Gasteiger partial charge in [-0.25, -0.2) is 0 Å². The molecule has 0 spiro atoms. The highest BCUT2D eigenvalue weighted by Gasteiger charge is 2.39. The molecule has 160 valence electrons. The minimum atomic E-state index is 0.0684. The summed E-state index contributed by atoms with van der Waals surface area (Å²) < 4.78 is 16.6. The number of carbonyl (C=O) groups excluding carboxylic acids is 1. The van der Waals surface area contributed by atoms with Crippen LogP contribution in [-0.2, 0) is 9.53 Å². The predicted octanol–water partition coefficient (Wildman–Crippen LogP) is 2.05. The molecule has 29 heavy (non-hydrogen) atoms. The van der Waals surface area contributed by atoms with E-state index >= 15 is 0 Å². The Hall–Kier alpha value is -1.99. The molecular formula is C22H33N3O4. The maximum Gasteiger partial charge on any atom is 0.239 e. The molecular weight excluding hydrogens is 370 g/mol. The Morgan fingerprint density at radius 3 is 2.69 bits per heavy atom. The van der Waals surface area contributed by atoms with E-state index in [-0.39, 0.29) is 11.4 Å². The van der Waals surface area contributed by atoms with E-state index in [1.165, 1.54) is 19.3 Å². The number of anilines is 1. The third-order valence-electron chi connectivity index (χ3n) is 6.54. The van der Waals surface area contributed by atoms with E-state index in [2.05, 4.69) is 15.1 Å². The third kappa shape index (κ3) is 4.61. The number of morpholine rings is 1. The van der Waals surface area contributed by atoms with Crippen molar-refractivity contribution < 1.29 is 19.0 Å². The number of fused-ring (bicyclic) bond motifs is 1. The van der Waals surface area contributed by atoms with E-state index in [4.69, 9.17) is 14.2 Å². The molecule has 1 N–H and O–H groups in total. The van der Waals surface area contributed by atoms with Crippen molar-refractivity contribution >= 4 is 11.6 Å². The van der Waals surface area contributed by atoms with Crippen LogP contribution in [0.4, 0.5) is 5.69 Å². The Bertz CT molecular complexity index is 699. The van der Waals surface area contributed by atoms with Crippen LogP contribution < -0.4 is 19.7 Å². The summed E-state index contributed by atoms with van der Waals surface area (Å²) in [6.45, 7) is 5.86. The Balaban J connectivity index is 1.39. The molecule has 2 heterocycles. The van der Waals surface area contributed by atoms with Gasteiger partial charge in [0.05, 0.1) is 39.1 Å². The van der Waals surface area contributed by atoms with Crippen LogP contribution in [0.25, 0.3) is 0 Å². The monoisotopic (exact) mass is 403 g/mol. The van der Waals surface area contributed by atoms with Crippen molar-refractivity contribution in [2.45, 2.75) is 37.6 Å². The van der Waals surface area contributed by atoms with E-state index in [0.29, 0.717) is 19.7 Å². The number of nitrogens with zero attached hydrogens (tertiary/aromatic N) is 2. The fourth-order valence-electron chi connectivity index (χ4n) is 4.89. The molecule has 1 aliphatic carbocycles. The molecule has 1 amide bonds. The van der Waals surface area contributed by atoms with E-state index in [1.54, 1.807) is 7.11 Å². The molecule has 0 bridgehead atoms. The number of rotatable bonds is 6. The van der Waals surface area contributed by atoms with Crippen molar-refractivity contribution in [1.29, 1.82) is 0 Å². The summed E-state index contributed by atoms with van der Waals surface area (Å²) in [6, 6.07) is 5.74. The summed E-state index contributed by atoms with van der Waals surface area (Å²) in [5, 5.41) is 3.26. The fourth-order valence-corrected chi connectivity index (χ4v) is 4.89. The minimum absolute atomic E-state index is 0.0684. The van der Waals surface area contributed by atoms with Gasteiger partial charge in [-0.3, -0.25) is 9.69 Å². The second-order valence-corrected chi connectivity index (χ2v) is 8.26. The Morgan fingerprint density at radius 1 is 1.14 bits per heavy atom. The first-order valence-electron chi connectivity index (χ1n) is 10.9.